The van der Waals surface area contributed by atoms with Crippen LogP contribution in [-0.2, 0) is 10.3 Å². The van der Waals surface area contributed by atoms with Crippen LogP contribution in [0.3, 0.4) is 0 Å². The summed E-state index contributed by atoms with van der Waals surface area (Å²) in [6, 6.07) is 5.61. The molecule has 28 heavy (non-hydrogen) atoms. The van der Waals surface area contributed by atoms with Crippen LogP contribution in [0.25, 0.3) is 0 Å². The van der Waals surface area contributed by atoms with E-state index in [-0.39, 0.29) is 23.7 Å². The number of rotatable bonds is 6. The summed E-state index contributed by atoms with van der Waals surface area (Å²) in [6.07, 6.45) is 2.93. The zero-order valence-electron chi connectivity index (χ0n) is 16.7. The lowest BCUT2D eigenvalue weighted by atomic mass is 10.0. The first kappa shape index (κ1) is 20.1. The Morgan fingerprint density at radius 1 is 1.14 bits per heavy atom. The van der Waals surface area contributed by atoms with Gasteiger partial charge in [0.1, 0.15) is 0 Å². The zero-order valence-corrected chi connectivity index (χ0v) is 16.7. The lowest BCUT2D eigenvalue weighted by molar-refractivity contribution is 0.0957. The van der Waals surface area contributed by atoms with Crippen LogP contribution in [-0.4, -0.2) is 57.0 Å². The van der Waals surface area contributed by atoms with Crippen molar-refractivity contribution >= 4 is 12.1 Å². The number of carbonyl (C=O) groups is 2. The molecule has 1 aliphatic carbocycles. The standard InChI is InChI=1S/C20H29N3O5/c1-4-28-19(25)23-11-7-15(8-12-23)21-18(24)22-20(9-10-20)14-5-6-16(26-2)17(13-14)27-3/h5-6,13,15H,4,7-12H2,1-3H3,(H2,21,22,24). The number of piperidine rings is 1. The van der Waals surface area contributed by atoms with Gasteiger partial charge in [-0.2, -0.15) is 0 Å². The average molecular weight is 391 g/mol. The first-order chi connectivity index (χ1) is 13.5. The highest BCUT2D eigenvalue weighted by atomic mass is 16.6. The molecule has 0 aromatic heterocycles. The normalized spacial score (nSPS) is 18.2. The number of urea groups is 1. The van der Waals surface area contributed by atoms with Gasteiger partial charge in [0, 0.05) is 19.1 Å². The Morgan fingerprint density at radius 2 is 1.82 bits per heavy atom. The topological polar surface area (TPSA) is 89.1 Å². The minimum Gasteiger partial charge on any atom is -0.493 e. The van der Waals surface area contributed by atoms with Crippen LogP contribution in [0.15, 0.2) is 18.2 Å². The van der Waals surface area contributed by atoms with Crippen LogP contribution >= 0.6 is 0 Å². The fourth-order valence-corrected chi connectivity index (χ4v) is 3.60. The molecule has 0 bridgehead atoms. The van der Waals surface area contributed by atoms with Crippen molar-refractivity contribution in [1.82, 2.24) is 15.5 Å². The maximum Gasteiger partial charge on any atom is 0.409 e. The van der Waals surface area contributed by atoms with Crippen LogP contribution in [0.4, 0.5) is 9.59 Å². The van der Waals surface area contributed by atoms with Crippen LogP contribution in [0.2, 0.25) is 0 Å². The van der Waals surface area contributed by atoms with Crippen molar-refractivity contribution < 1.29 is 23.8 Å². The van der Waals surface area contributed by atoms with Gasteiger partial charge in [-0.05, 0) is 50.3 Å². The molecule has 0 spiro atoms. The Hall–Kier alpha value is -2.64. The number of hydrogen-bond acceptors (Lipinski definition) is 5. The molecular formula is C20H29N3O5. The van der Waals surface area contributed by atoms with Gasteiger partial charge >= 0.3 is 12.1 Å². The third-order valence-electron chi connectivity index (χ3n) is 5.40. The van der Waals surface area contributed by atoms with E-state index in [0.29, 0.717) is 31.2 Å². The molecule has 0 unspecified atom stereocenters. The van der Waals surface area contributed by atoms with Crippen molar-refractivity contribution in [3.05, 3.63) is 23.8 Å². The Balaban J connectivity index is 1.53. The Labute approximate surface area is 165 Å². The van der Waals surface area contributed by atoms with Crippen molar-refractivity contribution in [3.8, 4) is 11.5 Å². The van der Waals surface area contributed by atoms with Crippen molar-refractivity contribution in [1.29, 1.82) is 0 Å². The molecule has 8 nitrogen and oxygen atoms in total. The van der Waals surface area contributed by atoms with E-state index < -0.39 is 0 Å². The van der Waals surface area contributed by atoms with Gasteiger partial charge in [-0.25, -0.2) is 9.59 Å². The summed E-state index contributed by atoms with van der Waals surface area (Å²) in [5, 5.41) is 6.16. The van der Waals surface area contributed by atoms with E-state index in [0.717, 1.165) is 31.2 Å². The number of carbonyl (C=O) groups excluding carboxylic acids is 2. The highest BCUT2D eigenvalue weighted by Gasteiger charge is 2.46. The molecule has 1 aromatic carbocycles. The van der Waals surface area contributed by atoms with Gasteiger partial charge in [-0.3, -0.25) is 0 Å². The predicted molar refractivity (Wildman–Crippen MR) is 104 cm³/mol. The number of amides is 3. The van der Waals surface area contributed by atoms with E-state index in [2.05, 4.69) is 10.6 Å². The minimum atomic E-state index is -0.352. The second-order valence-corrected chi connectivity index (χ2v) is 7.21. The lowest BCUT2D eigenvalue weighted by Gasteiger charge is -2.32. The van der Waals surface area contributed by atoms with E-state index in [4.69, 9.17) is 14.2 Å². The van der Waals surface area contributed by atoms with Crippen LogP contribution in [0.5, 0.6) is 11.5 Å². The summed E-state index contributed by atoms with van der Waals surface area (Å²) in [5.41, 5.74) is 0.660. The third-order valence-corrected chi connectivity index (χ3v) is 5.40. The first-order valence-corrected chi connectivity index (χ1v) is 9.74. The molecule has 1 aromatic rings. The summed E-state index contributed by atoms with van der Waals surface area (Å²) in [4.78, 5) is 26.0. The van der Waals surface area contributed by atoms with E-state index in [1.807, 2.05) is 18.2 Å². The molecule has 1 saturated heterocycles. The van der Waals surface area contributed by atoms with Crippen LogP contribution in [0, 0.1) is 0 Å². The number of nitrogens with zero attached hydrogens (tertiary/aromatic N) is 1. The molecule has 1 aliphatic heterocycles. The van der Waals surface area contributed by atoms with E-state index in [1.165, 1.54) is 0 Å². The molecule has 1 heterocycles. The van der Waals surface area contributed by atoms with Gasteiger partial charge in [-0.15, -0.1) is 0 Å². The molecule has 0 radical (unpaired) electrons. The summed E-state index contributed by atoms with van der Waals surface area (Å²) in [5.74, 6) is 1.32. The number of nitrogens with one attached hydrogen (secondary N) is 2. The number of benzene rings is 1. The fourth-order valence-electron chi connectivity index (χ4n) is 3.60. The second-order valence-electron chi connectivity index (χ2n) is 7.21. The SMILES string of the molecule is CCOC(=O)N1CCC(NC(=O)NC2(c3ccc(OC)c(OC)c3)CC2)CC1. The van der Waals surface area contributed by atoms with Gasteiger partial charge < -0.3 is 29.7 Å². The summed E-state index contributed by atoms with van der Waals surface area (Å²) >= 11 is 0. The highest BCUT2D eigenvalue weighted by Crippen LogP contribution is 2.47. The molecule has 2 aliphatic rings. The molecular weight excluding hydrogens is 362 g/mol. The molecule has 154 valence electrons. The summed E-state index contributed by atoms with van der Waals surface area (Å²) in [7, 11) is 3.20. The molecule has 8 heteroatoms. The van der Waals surface area contributed by atoms with E-state index in [9.17, 15) is 9.59 Å². The quantitative estimate of drug-likeness (QED) is 0.778. The van der Waals surface area contributed by atoms with E-state index in [1.54, 1.807) is 26.0 Å². The van der Waals surface area contributed by atoms with Crippen molar-refractivity contribution in [2.75, 3.05) is 33.9 Å². The maximum absolute atomic E-state index is 12.6. The van der Waals surface area contributed by atoms with Gasteiger partial charge in [0.2, 0.25) is 0 Å². The lowest BCUT2D eigenvalue weighted by Crippen LogP contribution is -2.51. The monoisotopic (exact) mass is 391 g/mol. The van der Waals surface area contributed by atoms with Crippen molar-refractivity contribution in [3.63, 3.8) is 0 Å². The van der Waals surface area contributed by atoms with Gasteiger partial charge in [0.05, 0.1) is 26.4 Å². The number of hydrogen-bond donors (Lipinski definition) is 2. The Kier molecular flexibility index (Phi) is 6.16. The minimum absolute atomic E-state index is 0.0480. The third kappa shape index (κ3) is 4.43. The molecule has 0 atom stereocenters. The summed E-state index contributed by atoms with van der Waals surface area (Å²) < 4.78 is 15.7. The average Bonchev–Trinajstić information content (AvgIpc) is 3.48. The highest BCUT2D eigenvalue weighted by molar-refractivity contribution is 5.76. The van der Waals surface area contributed by atoms with Crippen LogP contribution in [0.1, 0.15) is 38.2 Å². The summed E-state index contributed by atoms with van der Waals surface area (Å²) in [6.45, 7) is 3.34. The Bertz CT molecular complexity index is 712. The Morgan fingerprint density at radius 3 is 2.39 bits per heavy atom. The van der Waals surface area contributed by atoms with Gasteiger partial charge in [-0.1, -0.05) is 6.07 Å². The van der Waals surface area contributed by atoms with Gasteiger partial charge in [0.25, 0.3) is 0 Å². The molecule has 3 amide bonds. The molecule has 3 rings (SSSR count). The molecule has 2 N–H and O–H groups in total. The maximum atomic E-state index is 12.6. The number of likely N-dealkylation sites (tertiary alicyclic amines) is 1. The fraction of sp³-hybridized carbons (Fsp3) is 0.600. The smallest absolute Gasteiger partial charge is 0.409 e. The van der Waals surface area contributed by atoms with Crippen molar-refractivity contribution in [2.45, 2.75) is 44.2 Å². The first-order valence-electron chi connectivity index (χ1n) is 9.74. The second kappa shape index (κ2) is 8.58. The van der Waals surface area contributed by atoms with Crippen molar-refractivity contribution in [2.24, 2.45) is 0 Å². The number of methoxy groups -OCH3 is 2. The number of ether oxygens (including phenoxy) is 3. The predicted octanol–water partition coefficient (Wildman–Crippen LogP) is 2.61. The van der Waals surface area contributed by atoms with Crippen LogP contribution < -0.4 is 20.1 Å². The largest absolute Gasteiger partial charge is 0.493 e. The zero-order chi connectivity index (χ0) is 20.1. The molecule has 1 saturated carbocycles. The molecule has 2 fully saturated rings. The van der Waals surface area contributed by atoms with E-state index >= 15 is 0 Å². The van der Waals surface area contributed by atoms with Gasteiger partial charge in [0.15, 0.2) is 11.5 Å².